The smallest absolute Gasteiger partial charge is 0.308 e. The number of nitrogens with zero attached hydrogens (tertiary/aromatic N) is 1. The number of rotatable bonds is 5. The molecule has 1 amide bonds. The predicted octanol–water partition coefficient (Wildman–Crippen LogP) is 4.15. The van der Waals surface area contributed by atoms with E-state index in [-0.39, 0.29) is 18.1 Å². The number of carbonyl (C=O) groups is 2. The highest BCUT2D eigenvalue weighted by molar-refractivity contribution is 5.95. The number of carboxylic acids is 1. The van der Waals surface area contributed by atoms with E-state index in [9.17, 15) is 14.7 Å². The standard InChI is InChI=1S/C22H25NO4/c1-15-20(22(25)26)9-6-14-23(15)21(24)18-10-12-19(13-11-18)27-16(2)17-7-4-3-5-8-17/h3-5,7-8,10-13,15-16,20H,6,9,14H2,1-2H3,(H,25,26)/t15-,16?,20-/m0/s1. The maximum atomic E-state index is 12.8. The van der Waals surface area contributed by atoms with Gasteiger partial charge in [-0.1, -0.05) is 30.3 Å². The van der Waals surface area contributed by atoms with E-state index < -0.39 is 11.9 Å². The Kier molecular flexibility index (Phi) is 5.79. The predicted molar refractivity (Wildman–Crippen MR) is 103 cm³/mol. The van der Waals surface area contributed by atoms with Crippen molar-refractivity contribution >= 4 is 11.9 Å². The third-order valence-electron chi connectivity index (χ3n) is 5.25. The number of piperidine rings is 1. The van der Waals surface area contributed by atoms with Crippen molar-refractivity contribution in [3.63, 3.8) is 0 Å². The normalized spacial score (nSPS) is 20.7. The van der Waals surface area contributed by atoms with Gasteiger partial charge < -0.3 is 14.7 Å². The molecule has 2 aromatic rings. The molecule has 2 aromatic carbocycles. The molecule has 5 nitrogen and oxygen atoms in total. The van der Waals surface area contributed by atoms with Crippen LogP contribution >= 0.6 is 0 Å². The summed E-state index contributed by atoms with van der Waals surface area (Å²) in [5, 5.41) is 9.34. The third kappa shape index (κ3) is 4.30. The number of benzene rings is 2. The van der Waals surface area contributed by atoms with E-state index in [0.717, 1.165) is 5.56 Å². The summed E-state index contributed by atoms with van der Waals surface area (Å²) in [4.78, 5) is 25.9. The van der Waals surface area contributed by atoms with Crippen molar-refractivity contribution < 1.29 is 19.4 Å². The number of hydrogen-bond acceptors (Lipinski definition) is 3. The van der Waals surface area contributed by atoms with E-state index in [1.807, 2.05) is 44.2 Å². The van der Waals surface area contributed by atoms with E-state index in [4.69, 9.17) is 4.74 Å². The van der Waals surface area contributed by atoms with Crippen molar-refractivity contribution in [1.29, 1.82) is 0 Å². The molecule has 1 N–H and O–H groups in total. The largest absolute Gasteiger partial charge is 0.486 e. The number of amides is 1. The van der Waals surface area contributed by atoms with Gasteiger partial charge in [-0.25, -0.2) is 0 Å². The van der Waals surface area contributed by atoms with Gasteiger partial charge in [-0.2, -0.15) is 0 Å². The van der Waals surface area contributed by atoms with E-state index in [2.05, 4.69) is 0 Å². The second kappa shape index (κ2) is 8.25. The van der Waals surface area contributed by atoms with E-state index in [0.29, 0.717) is 30.7 Å². The van der Waals surface area contributed by atoms with Crippen LogP contribution in [0, 0.1) is 5.92 Å². The third-order valence-corrected chi connectivity index (χ3v) is 5.25. The maximum absolute atomic E-state index is 12.8. The molecule has 3 rings (SSSR count). The highest BCUT2D eigenvalue weighted by atomic mass is 16.5. The van der Waals surface area contributed by atoms with Gasteiger partial charge in [0.25, 0.3) is 5.91 Å². The molecule has 0 bridgehead atoms. The topological polar surface area (TPSA) is 66.8 Å². The van der Waals surface area contributed by atoms with Crippen LogP contribution in [-0.4, -0.2) is 34.5 Å². The highest BCUT2D eigenvalue weighted by Crippen LogP contribution is 2.27. The molecule has 0 radical (unpaired) electrons. The highest BCUT2D eigenvalue weighted by Gasteiger charge is 2.35. The second-order valence-electron chi connectivity index (χ2n) is 7.02. The quantitative estimate of drug-likeness (QED) is 0.862. The Balaban J connectivity index is 1.67. The molecule has 0 spiro atoms. The van der Waals surface area contributed by atoms with Crippen molar-refractivity contribution in [2.45, 2.75) is 38.8 Å². The zero-order valence-electron chi connectivity index (χ0n) is 15.7. The van der Waals surface area contributed by atoms with Crippen LogP contribution in [0.5, 0.6) is 5.75 Å². The average Bonchev–Trinajstić information content (AvgIpc) is 2.68. The van der Waals surface area contributed by atoms with Gasteiger partial charge in [-0.05, 0) is 56.5 Å². The Bertz CT molecular complexity index is 788. The molecule has 142 valence electrons. The average molecular weight is 367 g/mol. The number of carbonyl (C=O) groups excluding carboxylic acids is 1. The van der Waals surface area contributed by atoms with Crippen molar-refractivity contribution in [3.05, 3.63) is 65.7 Å². The Morgan fingerprint density at radius 1 is 1.11 bits per heavy atom. The minimum absolute atomic E-state index is 0.0915. The molecule has 1 aliphatic heterocycles. The van der Waals surface area contributed by atoms with E-state index in [1.54, 1.807) is 29.2 Å². The summed E-state index contributed by atoms with van der Waals surface area (Å²) in [6, 6.07) is 16.7. The Morgan fingerprint density at radius 2 is 1.78 bits per heavy atom. The van der Waals surface area contributed by atoms with Crippen LogP contribution in [0.3, 0.4) is 0 Å². The minimum Gasteiger partial charge on any atom is -0.486 e. The van der Waals surface area contributed by atoms with Gasteiger partial charge in [0.15, 0.2) is 0 Å². The van der Waals surface area contributed by atoms with Crippen LogP contribution in [-0.2, 0) is 4.79 Å². The molecule has 1 heterocycles. The van der Waals surface area contributed by atoms with Crippen LogP contribution < -0.4 is 4.74 Å². The fourth-order valence-electron chi connectivity index (χ4n) is 3.60. The lowest BCUT2D eigenvalue weighted by molar-refractivity contribution is -0.144. The summed E-state index contributed by atoms with van der Waals surface area (Å²) < 4.78 is 5.95. The van der Waals surface area contributed by atoms with Crippen molar-refractivity contribution in [2.75, 3.05) is 6.54 Å². The molecular weight excluding hydrogens is 342 g/mol. The van der Waals surface area contributed by atoms with Crippen LogP contribution in [0.15, 0.2) is 54.6 Å². The molecule has 5 heteroatoms. The summed E-state index contributed by atoms with van der Waals surface area (Å²) >= 11 is 0. The van der Waals surface area contributed by atoms with Gasteiger partial charge >= 0.3 is 5.97 Å². The summed E-state index contributed by atoms with van der Waals surface area (Å²) in [6.07, 6.45) is 1.24. The van der Waals surface area contributed by atoms with E-state index >= 15 is 0 Å². The molecule has 1 unspecified atom stereocenters. The first kappa shape index (κ1) is 19.0. The zero-order valence-corrected chi connectivity index (χ0v) is 15.7. The lowest BCUT2D eigenvalue weighted by Crippen LogP contribution is -2.49. The monoisotopic (exact) mass is 367 g/mol. The molecule has 0 aliphatic carbocycles. The Morgan fingerprint density at radius 3 is 2.41 bits per heavy atom. The first-order valence-corrected chi connectivity index (χ1v) is 9.33. The van der Waals surface area contributed by atoms with Gasteiger partial charge in [0, 0.05) is 18.2 Å². The van der Waals surface area contributed by atoms with Crippen LogP contribution in [0.4, 0.5) is 0 Å². The van der Waals surface area contributed by atoms with Crippen molar-refractivity contribution in [2.24, 2.45) is 5.92 Å². The molecule has 1 saturated heterocycles. The van der Waals surface area contributed by atoms with E-state index in [1.165, 1.54) is 0 Å². The Hall–Kier alpha value is -2.82. The number of carboxylic acid groups (broad SMARTS) is 1. The lowest BCUT2D eigenvalue weighted by Gasteiger charge is -2.37. The molecule has 1 aliphatic rings. The molecular formula is C22H25NO4. The molecule has 1 fully saturated rings. The van der Waals surface area contributed by atoms with Crippen molar-refractivity contribution in [1.82, 2.24) is 4.90 Å². The van der Waals surface area contributed by atoms with Crippen LogP contribution in [0.1, 0.15) is 48.7 Å². The number of aliphatic carboxylic acids is 1. The van der Waals surface area contributed by atoms with Gasteiger partial charge in [0.1, 0.15) is 11.9 Å². The summed E-state index contributed by atoms with van der Waals surface area (Å²) in [5.41, 5.74) is 1.63. The van der Waals surface area contributed by atoms with Gasteiger partial charge in [0.05, 0.1) is 5.92 Å². The second-order valence-corrected chi connectivity index (χ2v) is 7.02. The maximum Gasteiger partial charge on any atom is 0.308 e. The summed E-state index contributed by atoms with van der Waals surface area (Å²) in [6.45, 7) is 4.39. The zero-order chi connectivity index (χ0) is 19.4. The van der Waals surface area contributed by atoms with Gasteiger partial charge in [-0.3, -0.25) is 9.59 Å². The first-order valence-electron chi connectivity index (χ1n) is 9.33. The van der Waals surface area contributed by atoms with Crippen molar-refractivity contribution in [3.8, 4) is 5.75 Å². The molecule has 0 aromatic heterocycles. The summed E-state index contributed by atoms with van der Waals surface area (Å²) in [7, 11) is 0. The van der Waals surface area contributed by atoms with Gasteiger partial charge in [0.2, 0.25) is 0 Å². The van der Waals surface area contributed by atoms with Gasteiger partial charge in [-0.15, -0.1) is 0 Å². The SMILES string of the molecule is CC(Oc1ccc(C(=O)N2CCC[C@H](C(=O)O)[C@@H]2C)cc1)c1ccccc1. The number of hydrogen-bond donors (Lipinski definition) is 1. The number of ether oxygens (including phenoxy) is 1. The molecule has 27 heavy (non-hydrogen) atoms. The molecule has 0 saturated carbocycles. The summed E-state index contributed by atoms with van der Waals surface area (Å²) in [5.74, 6) is -0.773. The number of likely N-dealkylation sites (tertiary alicyclic amines) is 1. The first-order chi connectivity index (χ1) is 13.0. The fourth-order valence-corrected chi connectivity index (χ4v) is 3.60. The minimum atomic E-state index is -0.835. The Labute approximate surface area is 159 Å². The van der Waals surface area contributed by atoms with Crippen LogP contribution in [0.2, 0.25) is 0 Å². The molecule has 3 atom stereocenters. The lowest BCUT2D eigenvalue weighted by atomic mass is 9.90. The fraction of sp³-hybridized carbons (Fsp3) is 0.364. The van der Waals surface area contributed by atoms with Crippen LogP contribution in [0.25, 0.3) is 0 Å².